The minimum absolute atomic E-state index is 0. The van der Waals surface area contributed by atoms with E-state index in [9.17, 15) is 8.42 Å². The standard InChI is InChI=1S/C21H34N4O3S.HI/c1-16-11-17(2)15-25(14-16)21(22-3)23-12-18-6-8-20(9-7-18)29(26,27)24-13-19-5-4-10-28-19;/h6-9,16-17,19,24H,4-5,10-15H2,1-3H3,(H,22,23);1H. The molecular formula is C21H35IN4O3S. The average molecular weight is 551 g/mol. The molecule has 2 heterocycles. The van der Waals surface area contributed by atoms with Gasteiger partial charge in [-0.05, 0) is 48.8 Å². The first kappa shape index (κ1) is 25.4. The lowest BCUT2D eigenvalue weighted by Crippen LogP contribution is -2.48. The van der Waals surface area contributed by atoms with Gasteiger partial charge in [0.15, 0.2) is 5.96 Å². The lowest BCUT2D eigenvalue weighted by molar-refractivity contribution is 0.114. The van der Waals surface area contributed by atoms with Crippen LogP contribution in [0.1, 0.15) is 38.7 Å². The van der Waals surface area contributed by atoms with Crippen molar-refractivity contribution < 1.29 is 13.2 Å². The van der Waals surface area contributed by atoms with Crippen LogP contribution in [0.25, 0.3) is 0 Å². The Labute approximate surface area is 198 Å². The molecule has 170 valence electrons. The van der Waals surface area contributed by atoms with E-state index < -0.39 is 10.0 Å². The summed E-state index contributed by atoms with van der Waals surface area (Å²) >= 11 is 0. The third-order valence-electron chi connectivity index (χ3n) is 5.59. The van der Waals surface area contributed by atoms with Crippen LogP contribution < -0.4 is 10.0 Å². The molecule has 2 aliphatic rings. The summed E-state index contributed by atoms with van der Waals surface area (Å²) in [6, 6.07) is 7.01. The van der Waals surface area contributed by atoms with Gasteiger partial charge in [0.1, 0.15) is 0 Å². The third-order valence-corrected chi connectivity index (χ3v) is 7.03. The highest BCUT2D eigenvalue weighted by atomic mass is 127. The van der Waals surface area contributed by atoms with Crippen LogP contribution in [-0.4, -0.2) is 58.7 Å². The number of benzene rings is 1. The van der Waals surface area contributed by atoms with Crippen LogP contribution in [0.3, 0.4) is 0 Å². The molecular weight excluding hydrogens is 515 g/mol. The van der Waals surface area contributed by atoms with Crippen LogP contribution in [0.5, 0.6) is 0 Å². The van der Waals surface area contributed by atoms with E-state index in [-0.39, 0.29) is 35.0 Å². The van der Waals surface area contributed by atoms with Gasteiger partial charge in [0, 0.05) is 39.8 Å². The van der Waals surface area contributed by atoms with Gasteiger partial charge in [0.2, 0.25) is 10.0 Å². The average Bonchev–Trinajstić information content (AvgIpc) is 3.20. The van der Waals surface area contributed by atoms with Gasteiger partial charge in [-0.1, -0.05) is 26.0 Å². The summed E-state index contributed by atoms with van der Waals surface area (Å²) in [7, 11) is -1.71. The number of hydrogen-bond donors (Lipinski definition) is 2. The second-order valence-corrected chi connectivity index (χ2v) is 10.1. The van der Waals surface area contributed by atoms with Gasteiger partial charge in [-0.25, -0.2) is 13.1 Å². The summed E-state index contributed by atoms with van der Waals surface area (Å²) in [6.45, 7) is 8.23. The van der Waals surface area contributed by atoms with Gasteiger partial charge < -0.3 is 15.0 Å². The highest BCUT2D eigenvalue weighted by Crippen LogP contribution is 2.21. The first-order chi connectivity index (χ1) is 13.9. The molecule has 3 atom stereocenters. The number of sulfonamides is 1. The lowest BCUT2D eigenvalue weighted by Gasteiger charge is -2.37. The van der Waals surface area contributed by atoms with Gasteiger partial charge in [0.05, 0.1) is 11.0 Å². The Balaban J connectivity index is 0.00000320. The minimum Gasteiger partial charge on any atom is -0.377 e. The molecule has 1 aromatic carbocycles. The summed E-state index contributed by atoms with van der Waals surface area (Å²) in [5.41, 5.74) is 1.02. The van der Waals surface area contributed by atoms with Crippen molar-refractivity contribution >= 4 is 40.0 Å². The normalized spacial score (nSPS) is 25.1. The summed E-state index contributed by atoms with van der Waals surface area (Å²) in [5.74, 6) is 2.21. The lowest BCUT2D eigenvalue weighted by atomic mass is 9.92. The smallest absolute Gasteiger partial charge is 0.240 e. The Bertz CT molecular complexity index is 785. The van der Waals surface area contributed by atoms with Crippen molar-refractivity contribution in [3.8, 4) is 0 Å². The van der Waals surface area contributed by atoms with Crippen LogP contribution in [0, 0.1) is 11.8 Å². The topological polar surface area (TPSA) is 83.0 Å². The van der Waals surface area contributed by atoms with Crippen molar-refractivity contribution in [3.63, 3.8) is 0 Å². The Morgan fingerprint density at radius 2 is 1.87 bits per heavy atom. The van der Waals surface area contributed by atoms with Crippen molar-refractivity contribution in [2.45, 2.75) is 50.7 Å². The highest BCUT2D eigenvalue weighted by molar-refractivity contribution is 14.0. The molecule has 0 spiro atoms. The molecule has 3 rings (SSSR count). The van der Waals surface area contributed by atoms with Crippen molar-refractivity contribution in [2.75, 3.05) is 33.3 Å². The molecule has 0 saturated carbocycles. The number of likely N-dealkylation sites (tertiary alicyclic amines) is 1. The molecule has 0 amide bonds. The number of halogens is 1. The monoisotopic (exact) mass is 550 g/mol. The summed E-state index contributed by atoms with van der Waals surface area (Å²) in [4.78, 5) is 7.02. The zero-order valence-corrected chi connectivity index (χ0v) is 21.3. The maximum absolute atomic E-state index is 12.5. The van der Waals surface area contributed by atoms with Gasteiger partial charge in [-0.15, -0.1) is 24.0 Å². The van der Waals surface area contributed by atoms with E-state index in [2.05, 4.69) is 33.8 Å². The summed E-state index contributed by atoms with van der Waals surface area (Å²) in [5, 5.41) is 3.41. The van der Waals surface area contributed by atoms with Crippen LogP contribution >= 0.6 is 24.0 Å². The number of piperidine rings is 1. The van der Waals surface area contributed by atoms with Crippen molar-refractivity contribution in [2.24, 2.45) is 16.8 Å². The quantitative estimate of drug-likeness (QED) is 0.324. The highest BCUT2D eigenvalue weighted by Gasteiger charge is 2.24. The molecule has 3 unspecified atom stereocenters. The molecule has 30 heavy (non-hydrogen) atoms. The summed E-state index contributed by atoms with van der Waals surface area (Å²) < 4.78 is 33.1. The maximum Gasteiger partial charge on any atom is 0.240 e. The van der Waals surface area contributed by atoms with Crippen LogP contribution in [0.2, 0.25) is 0 Å². The van der Waals surface area contributed by atoms with Gasteiger partial charge in [-0.2, -0.15) is 0 Å². The minimum atomic E-state index is -3.51. The molecule has 2 aliphatic heterocycles. The number of nitrogens with one attached hydrogen (secondary N) is 2. The third kappa shape index (κ3) is 7.06. The fraction of sp³-hybridized carbons (Fsp3) is 0.667. The molecule has 0 radical (unpaired) electrons. The largest absolute Gasteiger partial charge is 0.377 e. The SMILES string of the molecule is CN=C(NCc1ccc(S(=O)(=O)NCC2CCCO2)cc1)N1CC(C)CC(C)C1.I. The first-order valence-electron chi connectivity index (χ1n) is 10.5. The maximum atomic E-state index is 12.5. The number of nitrogens with zero attached hydrogens (tertiary/aromatic N) is 2. The second kappa shape index (κ2) is 11.6. The van der Waals surface area contributed by atoms with Crippen molar-refractivity contribution in [3.05, 3.63) is 29.8 Å². The van der Waals surface area contributed by atoms with E-state index in [4.69, 9.17) is 4.74 Å². The van der Waals surface area contributed by atoms with Crippen LogP contribution in [-0.2, 0) is 21.3 Å². The van der Waals surface area contributed by atoms with E-state index in [0.717, 1.165) is 37.5 Å². The van der Waals surface area contributed by atoms with Gasteiger partial charge in [0.25, 0.3) is 0 Å². The predicted octanol–water partition coefficient (Wildman–Crippen LogP) is 2.82. The summed E-state index contributed by atoms with van der Waals surface area (Å²) in [6.07, 6.45) is 3.14. The number of aliphatic imine (C=N–C) groups is 1. The van der Waals surface area contributed by atoms with E-state index in [1.54, 1.807) is 12.1 Å². The number of guanidine groups is 1. The van der Waals surface area contributed by atoms with Crippen LogP contribution in [0.15, 0.2) is 34.2 Å². The van der Waals surface area contributed by atoms with E-state index >= 15 is 0 Å². The molecule has 0 aromatic heterocycles. The van der Waals surface area contributed by atoms with Gasteiger partial charge in [-0.3, -0.25) is 4.99 Å². The molecule has 2 saturated heterocycles. The first-order valence-corrected chi connectivity index (χ1v) is 12.0. The number of rotatable bonds is 6. The number of hydrogen-bond acceptors (Lipinski definition) is 4. The zero-order chi connectivity index (χ0) is 20.9. The fourth-order valence-electron chi connectivity index (χ4n) is 4.23. The van der Waals surface area contributed by atoms with E-state index in [1.165, 1.54) is 6.42 Å². The molecule has 0 aliphatic carbocycles. The molecule has 2 fully saturated rings. The number of ether oxygens (including phenoxy) is 1. The molecule has 1 aromatic rings. The fourth-order valence-corrected chi connectivity index (χ4v) is 5.29. The molecule has 2 N–H and O–H groups in total. The van der Waals surface area contributed by atoms with Gasteiger partial charge >= 0.3 is 0 Å². The van der Waals surface area contributed by atoms with E-state index in [1.807, 2.05) is 19.2 Å². The van der Waals surface area contributed by atoms with E-state index in [0.29, 0.717) is 31.5 Å². The molecule has 0 bridgehead atoms. The van der Waals surface area contributed by atoms with Crippen LogP contribution in [0.4, 0.5) is 0 Å². The zero-order valence-electron chi connectivity index (χ0n) is 18.1. The molecule has 7 nitrogen and oxygen atoms in total. The molecule has 9 heteroatoms. The Morgan fingerprint density at radius 1 is 1.20 bits per heavy atom. The van der Waals surface area contributed by atoms with Crippen molar-refractivity contribution in [1.82, 2.24) is 14.9 Å². The Kier molecular flexibility index (Phi) is 9.83. The second-order valence-electron chi connectivity index (χ2n) is 8.38. The predicted molar refractivity (Wildman–Crippen MR) is 131 cm³/mol. The Hall–Kier alpha value is -0.910. The van der Waals surface area contributed by atoms with Crippen molar-refractivity contribution in [1.29, 1.82) is 0 Å². The Morgan fingerprint density at radius 3 is 2.43 bits per heavy atom.